The van der Waals surface area contributed by atoms with Crippen LogP contribution in [0.1, 0.15) is 46.9 Å². The highest BCUT2D eigenvalue weighted by atomic mass is 15.3. The summed E-state index contributed by atoms with van der Waals surface area (Å²) in [6, 6.07) is 0.206. The third-order valence-corrected chi connectivity index (χ3v) is 3.68. The predicted molar refractivity (Wildman–Crippen MR) is 73.7 cm³/mol. The van der Waals surface area contributed by atoms with E-state index in [9.17, 15) is 0 Å². The van der Waals surface area contributed by atoms with Crippen molar-refractivity contribution >= 4 is 0 Å². The van der Waals surface area contributed by atoms with Crippen molar-refractivity contribution in [3.8, 4) is 0 Å². The number of hydrogen-bond donors (Lipinski definition) is 2. The van der Waals surface area contributed by atoms with Crippen molar-refractivity contribution in [2.75, 3.05) is 0 Å². The first-order valence-corrected chi connectivity index (χ1v) is 6.73. The summed E-state index contributed by atoms with van der Waals surface area (Å²) in [7, 11) is 0. The Morgan fingerprint density at radius 3 is 2.61 bits per heavy atom. The van der Waals surface area contributed by atoms with Gasteiger partial charge in [0.1, 0.15) is 12.2 Å². The molecule has 1 rings (SSSR count). The minimum atomic E-state index is 0.142. The highest BCUT2D eigenvalue weighted by molar-refractivity contribution is 4.94. The fraction of sp³-hybridized carbons (Fsp3) is 0.846. The molecule has 0 spiro atoms. The molecular weight excluding hydrogens is 226 g/mol. The second-order valence-electron chi connectivity index (χ2n) is 6.02. The van der Waals surface area contributed by atoms with Gasteiger partial charge in [-0.25, -0.2) is 9.67 Å². The molecule has 0 radical (unpaired) electrons. The van der Waals surface area contributed by atoms with Crippen LogP contribution < -0.4 is 11.3 Å². The topological polar surface area (TPSA) is 68.8 Å². The summed E-state index contributed by atoms with van der Waals surface area (Å²) in [5.41, 5.74) is 3.07. The molecule has 1 aromatic rings. The zero-order valence-corrected chi connectivity index (χ0v) is 12.3. The number of rotatable bonds is 7. The van der Waals surface area contributed by atoms with Gasteiger partial charge in [0.25, 0.3) is 0 Å². The fourth-order valence-corrected chi connectivity index (χ4v) is 1.93. The van der Waals surface area contributed by atoms with Crippen LogP contribution in [0.3, 0.4) is 0 Å². The molecule has 0 fully saturated rings. The van der Waals surface area contributed by atoms with Crippen LogP contribution in [0.4, 0.5) is 0 Å². The summed E-state index contributed by atoms with van der Waals surface area (Å²) in [5.74, 6) is 7.27. The van der Waals surface area contributed by atoms with Gasteiger partial charge in [-0.15, -0.1) is 0 Å². The molecule has 5 nitrogen and oxygen atoms in total. The van der Waals surface area contributed by atoms with Crippen molar-refractivity contribution in [2.45, 2.75) is 60.0 Å². The summed E-state index contributed by atoms with van der Waals surface area (Å²) in [5, 5.41) is 4.29. The van der Waals surface area contributed by atoms with Gasteiger partial charge < -0.3 is 0 Å². The van der Waals surface area contributed by atoms with Crippen LogP contribution in [0, 0.1) is 11.3 Å². The second-order valence-corrected chi connectivity index (χ2v) is 6.02. The molecule has 1 heterocycles. The van der Waals surface area contributed by atoms with Gasteiger partial charge in [0.2, 0.25) is 0 Å². The third kappa shape index (κ3) is 3.78. The van der Waals surface area contributed by atoms with E-state index in [1.807, 2.05) is 4.68 Å². The molecule has 0 aliphatic rings. The molecule has 0 amide bonds. The largest absolute Gasteiger partial charge is 0.271 e. The van der Waals surface area contributed by atoms with E-state index in [-0.39, 0.29) is 11.5 Å². The Balaban J connectivity index is 2.79. The molecule has 0 saturated carbocycles. The van der Waals surface area contributed by atoms with Crippen LogP contribution in [-0.4, -0.2) is 20.8 Å². The first kappa shape index (κ1) is 15.1. The van der Waals surface area contributed by atoms with Gasteiger partial charge >= 0.3 is 0 Å². The maximum Gasteiger partial charge on any atom is 0.138 e. The molecule has 0 aromatic carbocycles. The average Bonchev–Trinajstić information content (AvgIpc) is 2.72. The zero-order valence-electron chi connectivity index (χ0n) is 12.3. The van der Waals surface area contributed by atoms with Crippen LogP contribution in [0.25, 0.3) is 0 Å². The van der Waals surface area contributed by atoms with Gasteiger partial charge in [-0.2, -0.15) is 5.10 Å². The quantitative estimate of drug-likeness (QED) is 0.574. The molecule has 1 unspecified atom stereocenters. The van der Waals surface area contributed by atoms with E-state index < -0.39 is 0 Å². The summed E-state index contributed by atoms with van der Waals surface area (Å²) in [6.07, 6.45) is 3.51. The molecule has 1 atom stereocenters. The highest BCUT2D eigenvalue weighted by Gasteiger charge is 2.28. The SMILES string of the molecule is CCC(C)(C)C(Cc1ncnn1CC(C)C)NN. The Kier molecular flexibility index (Phi) is 5.28. The number of hydrogen-bond acceptors (Lipinski definition) is 4. The van der Waals surface area contributed by atoms with E-state index >= 15 is 0 Å². The number of aromatic nitrogens is 3. The molecule has 5 heteroatoms. The summed E-state index contributed by atoms with van der Waals surface area (Å²) in [6.45, 7) is 11.9. The van der Waals surface area contributed by atoms with Crippen LogP contribution in [0.5, 0.6) is 0 Å². The number of hydrazine groups is 1. The molecule has 0 aliphatic heterocycles. The lowest BCUT2D eigenvalue weighted by atomic mass is 9.80. The molecule has 104 valence electrons. The van der Waals surface area contributed by atoms with Crippen molar-refractivity contribution < 1.29 is 0 Å². The first-order valence-electron chi connectivity index (χ1n) is 6.73. The molecule has 3 N–H and O–H groups in total. The number of nitrogens with zero attached hydrogens (tertiary/aromatic N) is 3. The van der Waals surface area contributed by atoms with Crippen molar-refractivity contribution in [3.63, 3.8) is 0 Å². The van der Waals surface area contributed by atoms with Crippen LogP contribution in [0.2, 0.25) is 0 Å². The van der Waals surface area contributed by atoms with E-state index in [4.69, 9.17) is 5.84 Å². The zero-order chi connectivity index (χ0) is 13.8. The Morgan fingerprint density at radius 1 is 1.44 bits per heavy atom. The highest BCUT2D eigenvalue weighted by Crippen LogP contribution is 2.26. The van der Waals surface area contributed by atoms with E-state index in [1.165, 1.54) is 0 Å². The van der Waals surface area contributed by atoms with Crippen LogP contribution >= 0.6 is 0 Å². The molecule has 1 aromatic heterocycles. The van der Waals surface area contributed by atoms with Gasteiger partial charge in [0.05, 0.1) is 0 Å². The van der Waals surface area contributed by atoms with Crippen molar-refractivity contribution in [3.05, 3.63) is 12.2 Å². The normalized spacial score (nSPS) is 14.2. The molecular formula is C13H27N5. The van der Waals surface area contributed by atoms with Crippen LogP contribution in [0.15, 0.2) is 6.33 Å². The minimum Gasteiger partial charge on any atom is -0.271 e. The number of nitrogens with one attached hydrogen (secondary N) is 1. The maximum atomic E-state index is 5.69. The van der Waals surface area contributed by atoms with Crippen LogP contribution in [-0.2, 0) is 13.0 Å². The van der Waals surface area contributed by atoms with E-state index in [0.717, 1.165) is 25.2 Å². The van der Waals surface area contributed by atoms with Crippen molar-refractivity contribution in [1.29, 1.82) is 0 Å². The summed E-state index contributed by atoms with van der Waals surface area (Å²) < 4.78 is 1.99. The standard InChI is InChI=1S/C13H27N5/c1-6-13(4,5)11(17-14)7-12-15-9-16-18(12)8-10(2)3/h9-11,17H,6-8,14H2,1-5H3. The van der Waals surface area contributed by atoms with Gasteiger partial charge in [0, 0.05) is 19.0 Å². The van der Waals surface area contributed by atoms with Gasteiger partial charge in [-0.1, -0.05) is 34.6 Å². The Labute approximate surface area is 110 Å². The first-order chi connectivity index (χ1) is 8.40. The monoisotopic (exact) mass is 253 g/mol. The molecule has 0 aliphatic carbocycles. The smallest absolute Gasteiger partial charge is 0.138 e. The van der Waals surface area contributed by atoms with E-state index in [0.29, 0.717) is 5.92 Å². The Hall–Kier alpha value is -0.940. The molecule has 0 bridgehead atoms. The fourth-order valence-electron chi connectivity index (χ4n) is 1.93. The Bertz CT molecular complexity index is 356. The lowest BCUT2D eigenvalue weighted by molar-refractivity contribution is 0.226. The lowest BCUT2D eigenvalue weighted by Crippen LogP contribution is -2.47. The number of nitrogens with two attached hydrogens (primary N) is 1. The van der Waals surface area contributed by atoms with Crippen molar-refractivity contribution in [2.24, 2.45) is 17.2 Å². The Morgan fingerprint density at radius 2 is 2.11 bits per heavy atom. The maximum absolute atomic E-state index is 5.69. The molecule has 0 saturated heterocycles. The second kappa shape index (κ2) is 6.29. The lowest BCUT2D eigenvalue weighted by Gasteiger charge is -2.32. The van der Waals surface area contributed by atoms with Crippen molar-refractivity contribution in [1.82, 2.24) is 20.2 Å². The van der Waals surface area contributed by atoms with E-state index in [2.05, 4.69) is 50.1 Å². The predicted octanol–water partition coefficient (Wildman–Crippen LogP) is 1.74. The van der Waals surface area contributed by atoms with Gasteiger partial charge in [0.15, 0.2) is 0 Å². The molecule has 18 heavy (non-hydrogen) atoms. The van der Waals surface area contributed by atoms with E-state index in [1.54, 1.807) is 6.33 Å². The van der Waals surface area contributed by atoms with Gasteiger partial charge in [-0.3, -0.25) is 11.3 Å². The van der Waals surface area contributed by atoms with Gasteiger partial charge in [-0.05, 0) is 17.8 Å². The summed E-state index contributed by atoms with van der Waals surface area (Å²) >= 11 is 0. The third-order valence-electron chi connectivity index (χ3n) is 3.68. The summed E-state index contributed by atoms with van der Waals surface area (Å²) in [4.78, 5) is 4.36. The minimum absolute atomic E-state index is 0.142. The average molecular weight is 253 g/mol.